The van der Waals surface area contributed by atoms with Gasteiger partial charge in [-0.25, -0.2) is 0 Å². The second-order valence-corrected chi connectivity index (χ2v) is 2.54. The van der Waals surface area contributed by atoms with Crippen LogP contribution < -0.4 is 4.74 Å². The third-order valence-electron chi connectivity index (χ3n) is 1.27. The monoisotopic (exact) mass is 239 g/mol. The molecule has 1 heterocycles. The smallest absolute Gasteiger partial charge is 0.387 e. The number of hydrogen-bond donors (Lipinski definition) is 1. The SMILES string of the molecule is CC.OCc1ncc(OC(F)F)cc1Cl. The van der Waals surface area contributed by atoms with Crippen molar-refractivity contribution < 1.29 is 18.6 Å². The summed E-state index contributed by atoms with van der Waals surface area (Å²) in [6, 6.07) is 1.17. The molecule has 0 aliphatic carbocycles. The Morgan fingerprint density at radius 3 is 2.53 bits per heavy atom. The molecule has 6 heteroatoms. The number of hydrogen-bond acceptors (Lipinski definition) is 3. The molecule has 0 unspecified atom stereocenters. The van der Waals surface area contributed by atoms with Crippen LogP contribution in [0.4, 0.5) is 8.78 Å². The van der Waals surface area contributed by atoms with E-state index in [9.17, 15) is 8.78 Å². The molecular formula is C9H12ClF2NO2. The molecule has 0 amide bonds. The van der Waals surface area contributed by atoms with Crippen LogP contribution in [0.15, 0.2) is 12.3 Å². The number of rotatable bonds is 3. The molecule has 1 rings (SSSR count). The Hall–Kier alpha value is -0.940. The molecule has 1 N–H and O–H groups in total. The summed E-state index contributed by atoms with van der Waals surface area (Å²) in [6.07, 6.45) is 1.07. The average Bonchev–Trinajstić information content (AvgIpc) is 2.20. The second-order valence-electron chi connectivity index (χ2n) is 2.14. The molecule has 0 aliphatic rings. The highest BCUT2D eigenvalue weighted by Crippen LogP contribution is 2.21. The summed E-state index contributed by atoms with van der Waals surface area (Å²) in [7, 11) is 0. The first kappa shape index (κ1) is 14.1. The van der Waals surface area contributed by atoms with Gasteiger partial charge in [0, 0.05) is 6.07 Å². The van der Waals surface area contributed by atoms with Gasteiger partial charge < -0.3 is 9.84 Å². The van der Waals surface area contributed by atoms with Gasteiger partial charge in [-0.05, 0) is 0 Å². The van der Waals surface area contributed by atoms with E-state index >= 15 is 0 Å². The maximum atomic E-state index is 11.7. The van der Waals surface area contributed by atoms with Gasteiger partial charge >= 0.3 is 6.61 Å². The molecule has 0 saturated carbocycles. The number of aliphatic hydroxyl groups is 1. The molecule has 15 heavy (non-hydrogen) atoms. The molecule has 0 saturated heterocycles. The average molecular weight is 240 g/mol. The van der Waals surface area contributed by atoms with Crippen LogP contribution in [0.5, 0.6) is 5.75 Å². The molecule has 0 spiro atoms. The maximum Gasteiger partial charge on any atom is 0.387 e. The van der Waals surface area contributed by atoms with E-state index < -0.39 is 6.61 Å². The summed E-state index contributed by atoms with van der Waals surface area (Å²) in [5.74, 6) is -0.128. The number of aliphatic hydroxyl groups excluding tert-OH is 1. The zero-order valence-corrected chi connectivity index (χ0v) is 9.13. The van der Waals surface area contributed by atoms with E-state index in [0.29, 0.717) is 0 Å². The predicted octanol–water partition coefficient (Wildman–Crippen LogP) is 2.85. The summed E-state index contributed by atoms with van der Waals surface area (Å²) >= 11 is 5.57. The van der Waals surface area contributed by atoms with E-state index in [1.54, 1.807) is 0 Å². The van der Waals surface area contributed by atoms with Crippen LogP contribution >= 0.6 is 11.6 Å². The zero-order chi connectivity index (χ0) is 11.8. The van der Waals surface area contributed by atoms with Crippen LogP contribution in [-0.4, -0.2) is 16.7 Å². The van der Waals surface area contributed by atoms with Crippen molar-refractivity contribution in [3.63, 3.8) is 0 Å². The van der Waals surface area contributed by atoms with Crippen molar-refractivity contribution in [3.05, 3.63) is 23.0 Å². The van der Waals surface area contributed by atoms with Gasteiger partial charge in [0.05, 0.1) is 23.5 Å². The highest BCUT2D eigenvalue weighted by atomic mass is 35.5. The third kappa shape index (κ3) is 4.90. The van der Waals surface area contributed by atoms with Crippen LogP contribution in [0.2, 0.25) is 5.02 Å². The Labute approximate surface area is 91.7 Å². The Kier molecular flexibility index (Phi) is 6.90. The summed E-state index contributed by atoms with van der Waals surface area (Å²) in [5.41, 5.74) is 0.225. The van der Waals surface area contributed by atoms with Crippen LogP contribution in [-0.2, 0) is 6.61 Å². The van der Waals surface area contributed by atoms with Gasteiger partial charge in [0.2, 0.25) is 0 Å². The minimum absolute atomic E-state index is 0.0978. The Morgan fingerprint density at radius 1 is 1.53 bits per heavy atom. The van der Waals surface area contributed by atoms with E-state index in [0.717, 1.165) is 6.20 Å². The standard InChI is InChI=1S/C7H6ClF2NO2.C2H6/c8-5-1-4(13-7(9)10)2-11-6(5)3-12;1-2/h1-2,7,12H,3H2;1-2H3. The van der Waals surface area contributed by atoms with Crippen molar-refractivity contribution in [3.8, 4) is 5.75 Å². The lowest BCUT2D eigenvalue weighted by molar-refractivity contribution is -0.0500. The van der Waals surface area contributed by atoms with Crippen molar-refractivity contribution in [1.29, 1.82) is 0 Å². The first-order valence-corrected chi connectivity index (χ1v) is 4.71. The lowest BCUT2D eigenvalue weighted by atomic mass is 10.3. The number of aromatic nitrogens is 1. The van der Waals surface area contributed by atoms with Crippen molar-refractivity contribution in [1.82, 2.24) is 4.98 Å². The molecule has 0 atom stereocenters. The van der Waals surface area contributed by atoms with E-state index in [1.807, 2.05) is 13.8 Å². The van der Waals surface area contributed by atoms with Crippen LogP contribution in [0, 0.1) is 0 Å². The molecule has 0 fully saturated rings. The molecule has 0 bridgehead atoms. The van der Waals surface area contributed by atoms with Crippen LogP contribution in [0.1, 0.15) is 19.5 Å². The van der Waals surface area contributed by atoms with Crippen molar-refractivity contribution in [2.45, 2.75) is 27.1 Å². The van der Waals surface area contributed by atoms with E-state index in [-0.39, 0.29) is 23.1 Å². The zero-order valence-electron chi connectivity index (χ0n) is 8.38. The van der Waals surface area contributed by atoms with Crippen molar-refractivity contribution in [2.75, 3.05) is 0 Å². The third-order valence-corrected chi connectivity index (χ3v) is 1.59. The molecule has 1 aromatic heterocycles. The normalized spacial score (nSPS) is 9.53. The van der Waals surface area contributed by atoms with Gasteiger partial charge in [-0.2, -0.15) is 8.78 Å². The van der Waals surface area contributed by atoms with Gasteiger partial charge in [0.25, 0.3) is 0 Å². The molecule has 86 valence electrons. The summed E-state index contributed by atoms with van der Waals surface area (Å²) < 4.78 is 27.4. The van der Waals surface area contributed by atoms with Crippen molar-refractivity contribution >= 4 is 11.6 Å². The minimum Gasteiger partial charge on any atom is -0.433 e. The summed E-state index contributed by atoms with van der Waals surface area (Å²) in [5, 5.41) is 8.75. The first-order valence-electron chi connectivity index (χ1n) is 4.33. The van der Waals surface area contributed by atoms with Crippen LogP contribution in [0.3, 0.4) is 0 Å². The Balaban J connectivity index is 0.000000921. The van der Waals surface area contributed by atoms with Crippen LogP contribution in [0.25, 0.3) is 0 Å². The number of halogens is 3. The van der Waals surface area contributed by atoms with Gasteiger partial charge in [-0.3, -0.25) is 4.98 Å². The van der Waals surface area contributed by atoms with Gasteiger partial charge in [0.1, 0.15) is 5.75 Å². The van der Waals surface area contributed by atoms with Gasteiger partial charge in [0.15, 0.2) is 0 Å². The van der Waals surface area contributed by atoms with E-state index in [4.69, 9.17) is 16.7 Å². The highest BCUT2D eigenvalue weighted by Gasteiger charge is 2.07. The second kappa shape index (κ2) is 7.36. The molecule has 1 aromatic rings. The maximum absolute atomic E-state index is 11.7. The fourth-order valence-electron chi connectivity index (χ4n) is 0.732. The molecule has 0 aromatic carbocycles. The fourth-order valence-corrected chi connectivity index (χ4v) is 0.948. The van der Waals surface area contributed by atoms with E-state index in [2.05, 4.69) is 9.72 Å². The largest absolute Gasteiger partial charge is 0.433 e. The Bertz CT molecular complexity index is 297. The molecule has 0 aliphatic heterocycles. The summed E-state index contributed by atoms with van der Waals surface area (Å²) in [6.45, 7) is 0.756. The number of alkyl halides is 2. The number of nitrogens with zero attached hydrogens (tertiary/aromatic N) is 1. The number of ether oxygens (including phenoxy) is 1. The predicted molar refractivity (Wildman–Crippen MR) is 53.1 cm³/mol. The lowest BCUT2D eigenvalue weighted by Crippen LogP contribution is -2.03. The molecular weight excluding hydrogens is 228 g/mol. The highest BCUT2D eigenvalue weighted by molar-refractivity contribution is 6.31. The first-order chi connectivity index (χ1) is 7.13. The van der Waals surface area contributed by atoms with Crippen molar-refractivity contribution in [2.24, 2.45) is 0 Å². The van der Waals surface area contributed by atoms with Gasteiger partial charge in [-0.1, -0.05) is 25.4 Å². The van der Waals surface area contributed by atoms with Gasteiger partial charge in [-0.15, -0.1) is 0 Å². The quantitative estimate of drug-likeness (QED) is 0.882. The number of pyridine rings is 1. The van der Waals surface area contributed by atoms with E-state index in [1.165, 1.54) is 6.07 Å². The molecule has 3 nitrogen and oxygen atoms in total. The Morgan fingerprint density at radius 2 is 2.13 bits per heavy atom. The topological polar surface area (TPSA) is 42.4 Å². The molecule has 0 radical (unpaired) electrons. The summed E-state index contributed by atoms with van der Waals surface area (Å²) in [4.78, 5) is 3.61. The lowest BCUT2D eigenvalue weighted by Gasteiger charge is -2.05. The fraction of sp³-hybridized carbons (Fsp3) is 0.444. The minimum atomic E-state index is -2.90.